The second-order valence-corrected chi connectivity index (χ2v) is 9.18. The van der Waals surface area contributed by atoms with E-state index in [4.69, 9.17) is 0 Å². The van der Waals surface area contributed by atoms with E-state index >= 15 is 0 Å². The smallest absolute Gasteiger partial charge is 0.191 e. The minimum atomic E-state index is -3.72. The van der Waals surface area contributed by atoms with E-state index in [2.05, 4.69) is 25.5 Å². The normalized spacial score (nSPS) is 15.8. The number of hydrogen-bond donors (Lipinski definition) is 2. The molecule has 2 N–H and O–H groups in total. The Bertz CT molecular complexity index is 945. The van der Waals surface area contributed by atoms with Crippen molar-refractivity contribution in [3.05, 3.63) is 54.5 Å². The summed E-state index contributed by atoms with van der Waals surface area (Å²) in [5.74, 6) is 0.585. The van der Waals surface area contributed by atoms with Crippen molar-refractivity contribution in [1.29, 1.82) is 0 Å². The fourth-order valence-corrected chi connectivity index (χ4v) is 4.59. The minimum absolute atomic E-state index is 0.0543. The highest BCUT2D eigenvalue weighted by molar-refractivity contribution is 7.91. The largest absolute Gasteiger partial charge is 0.357 e. The average Bonchev–Trinajstić information content (AvgIpc) is 2.75. The number of aliphatic imine (C=N–C) groups is 1. The van der Waals surface area contributed by atoms with Crippen molar-refractivity contribution in [1.82, 2.24) is 15.6 Å². The molecule has 1 aliphatic heterocycles. The molecule has 2 aromatic rings. The summed E-state index contributed by atoms with van der Waals surface area (Å²) in [6.07, 6.45) is 3.65. The Morgan fingerprint density at radius 2 is 1.93 bits per heavy atom. The molecule has 0 unspecified atom stereocenters. The summed E-state index contributed by atoms with van der Waals surface area (Å²) < 4.78 is 38.6. The van der Waals surface area contributed by atoms with Crippen molar-refractivity contribution in [2.24, 2.45) is 4.99 Å². The number of pyridine rings is 1. The van der Waals surface area contributed by atoms with Crippen LogP contribution in [0.4, 0.5) is 10.2 Å². The maximum Gasteiger partial charge on any atom is 0.191 e. The molecule has 1 fully saturated rings. The molecule has 1 saturated heterocycles. The Labute approximate surface area is 177 Å². The molecule has 0 aliphatic carbocycles. The van der Waals surface area contributed by atoms with Gasteiger partial charge >= 0.3 is 0 Å². The third-order valence-electron chi connectivity index (χ3n) is 4.95. The van der Waals surface area contributed by atoms with Gasteiger partial charge in [0.15, 0.2) is 15.8 Å². The Morgan fingerprint density at radius 3 is 2.60 bits per heavy atom. The molecule has 0 atom stereocenters. The Kier molecular flexibility index (Phi) is 7.62. The SMILES string of the molecule is CCNC(=NCCS(=O)(=O)c1ccccc1F)NC1CCN(c2ccccn2)CC1. The van der Waals surface area contributed by atoms with Gasteiger partial charge < -0.3 is 15.5 Å². The Balaban J connectivity index is 1.54. The maximum absolute atomic E-state index is 13.8. The van der Waals surface area contributed by atoms with E-state index in [-0.39, 0.29) is 23.2 Å². The van der Waals surface area contributed by atoms with Gasteiger partial charge in [-0.15, -0.1) is 0 Å². The van der Waals surface area contributed by atoms with Crippen molar-refractivity contribution in [2.45, 2.75) is 30.7 Å². The van der Waals surface area contributed by atoms with Crippen LogP contribution in [-0.4, -0.2) is 57.3 Å². The van der Waals surface area contributed by atoms with Gasteiger partial charge in [-0.1, -0.05) is 18.2 Å². The average molecular weight is 434 g/mol. The number of hydrogen-bond acceptors (Lipinski definition) is 5. The molecule has 0 bridgehead atoms. The second kappa shape index (κ2) is 10.4. The molecule has 30 heavy (non-hydrogen) atoms. The first-order valence-electron chi connectivity index (χ1n) is 10.2. The molecule has 7 nitrogen and oxygen atoms in total. The van der Waals surface area contributed by atoms with Gasteiger partial charge in [-0.25, -0.2) is 17.8 Å². The van der Waals surface area contributed by atoms with E-state index in [1.807, 2.05) is 25.1 Å². The first-order chi connectivity index (χ1) is 14.5. The van der Waals surface area contributed by atoms with Crippen LogP contribution in [0.15, 0.2) is 58.5 Å². The van der Waals surface area contributed by atoms with Gasteiger partial charge in [0, 0.05) is 31.9 Å². The van der Waals surface area contributed by atoms with Crippen LogP contribution < -0.4 is 15.5 Å². The van der Waals surface area contributed by atoms with Crippen LogP contribution in [0.5, 0.6) is 0 Å². The number of halogens is 1. The third kappa shape index (κ3) is 5.91. The minimum Gasteiger partial charge on any atom is -0.357 e. The zero-order valence-electron chi connectivity index (χ0n) is 17.1. The van der Waals surface area contributed by atoms with E-state index in [1.165, 1.54) is 18.2 Å². The van der Waals surface area contributed by atoms with Crippen LogP contribution in [0.2, 0.25) is 0 Å². The highest BCUT2D eigenvalue weighted by Crippen LogP contribution is 2.17. The van der Waals surface area contributed by atoms with Crippen LogP contribution in [0.3, 0.4) is 0 Å². The molecular weight excluding hydrogens is 405 g/mol. The number of rotatable bonds is 7. The molecule has 0 spiro atoms. The van der Waals surface area contributed by atoms with Gasteiger partial charge in [0.2, 0.25) is 0 Å². The van der Waals surface area contributed by atoms with E-state index in [0.29, 0.717) is 12.5 Å². The first kappa shape index (κ1) is 22.0. The fraction of sp³-hybridized carbons (Fsp3) is 0.429. The summed E-state index contributed by atoms with van der Waals surface area (Å²) in [5.41, 5.74) is 0. The maximum atomic E-state index is 13.8. The molecule has 1 aromatic carbocycles. The first-order valence-corrected chi connectivity index (χ1v) is 11.8. The van der Waals surface area contributed by atoms with Crippen LogP contribution in [0.25, 0.3) is 0 Å². The number of benzene rings is 1. The highest BCUT2D eigenvalue weighted by atomic mass is 32.2. The zero-order chi connectivity index (χ0) is 21.4. The van der Waals surface area contributed by atoms with Gasteiger partial charge in [-0.3, -0.25) is 4.99 Å². The van der Waals surface area contributed by atoms with Gasteiger partial charge in [0.1, 0.15) is 16.5 Å². The molecule has 0 saturated carbocycles. The van der Waals surface area contributed by atoms with Crippen LogP contribution >= 0.6 is 0 Å². The number of nitrogens with one attached hydrogen (secondary N) is 2. The molecule has 3 rings (SSSR count). The number of piperidine rings is 1. The second-order valence-electron chi connectivity index (χ2n) is 7.10. The van der Waals surface area contributed by atoms with Crippen molar-refractivity contribution >= 4 is 21.6 Å². The summed E-state index contributed by atoms with van der Waals surface area (Å²) in [4.78, 5) is 10.8. The lowest BCUT2D eigenvalue weighted by atomic mass is 10.1. The summed E-state index contributed by atoms with van der Waals surface area (Å²) >= 11 is 0. The number of aromatic nitrogens is 1. The standard InChI is InChI=1S/C21H28FN5O2S/c1-2-23-21(25-13-16-30(28,29)19-8-4-3-7-18(19)22)26-17-10-14-27(15-11-17)20-9-5-6-12-24-20/h3-9,12,17H,2,10-11,13-16H2,1H3,(H2,23,25,26). The third-order valence-corrected chi connectivity index (χ3v) is 6.68. The summed E-state index contributed by atoms with van der Waals surface area (Å²) in [6.45, 7) is 4.44. The lowest BCUT2D eigenvalue weighted by Crippen LogP contribution is -2.49. The van der Waals surface area contributed by atoms with E-state index in [1.54, 1.807) is 6.20 Å². The quantitative estimate of drug-likeness (QED) is 0.514. The molecule has 0 radical (unpaired) electrons. The van der Waals surface area contributed by atoms with Gasteiger partial charge in [-0.05, 0) is 44.0 Å². The van der Waals surface area contributed by atoms with Crippen LogP contribution in [-0.2, 0) is 9.84 Å². The van der Waals surface area contributed by atoms with Crippen molar-refractivity contribution in [3.63, 3.8) is 0 Å². The lowest BCUT2D eigenvalue weighted by Gasteiger charge is -2.33. The molecular formula is C21H28FN5O2S. The van der Waals surface area contributed by atoms with Crippen molar-refractivity contribution in [3.8, 4) is 0 Å². The van der Waals surface area contributed by atoms with Crippen molar-refractivity contribution in [2.75, 3.05) is 36.8 Å². The monoisotopic (exact) mass is 433 g/mol. The molecule has 1 aromatic heterocycles. The molecule has 162 valence electrons. The van der Waals surface area contributed by atoms with Gasteiger partial charge in [0.05, 0.1) is 12.3 Å². The zero-order valence-corrected chi connectivity index (χ0v) is 17.9. The Hall–Kier alpha value is -2.68. The van der Waals surface area contributed by atoms with Gasteiger partial charge in [0.25, 0.3) is 0 Å². The molecule has 0 amide bonds. The van der Waals surface area contributed by atoms with Crippen LogP contribution in [0, 0.1) is 5.82 Å². The predicted molar refractivity (Wildman–Crippen MR) is 117 cm³/mol. The topological polar surface area (TPSA) is 86.7 Å². The molecule has 2 heterocycles. The fourth-order valence-electron chi connectivity index (χ4n) is 3.39. The summed E-state index contributed by atoms with van der Waals surface area (Å²) in [5, 5.41) is 6.54. The van der Waals surface area contributed by atoms with Gasteiger partial charge in [-0.2, -0.15) is 0 Å². The van der Waals surface area contributed by atoms with Crippen LogP contribution in [0.1, 0.15) is 19.8 Å². The Morgan fingerprint density at radius 1 is 1.20 bits per heavy atom. The molecule has 9 heteroatoms. The number of guanidine groups is 1. The van der Waals surface area contributed by atoms with E-state index < -0.39 is 15.7 Å². The highest BCUT2D eigenvalue weighted by Gasteiger charge is 2.21. The summed E-state index contributed by atoms with van der Waals surface area (Å²) in [7, 11) is -3.72. The van der Waals surface area contributed by atoms with E-state index in [0.717, 1.165) is 37.8 Å². The summed E-state index contributed by atoms with van der Waals surface area (Å²) in [6, 6.07) is 11.6. The lowest BCUT2D eigenvalue weighted by molar-refractivity contribution is 0.460. The van der Waals surface area contributed by atoms with E-state index in [9.17, 15) is 12.8 Å². The number of sulfone groups is 1. The van der Waals surface area contributed by atoms with Crippen molar-refractivity contribution < 1.29 is 12.8 Å². The molecule has 1 aliphatic rings. The number of anilines is 1. The predicted octanol–water partition coefficient (Wildman–Crippen LogP) is 2.22. The number of nitrogens with zero attached hydrogens (tertiary/aromatic N) is 3.